The summed E-state index contributed by atoms with van der Waals surface area (Å²) in [4.78, 5) is 23.1. The van der Waals surface area contributed by atoms with Crippen LogP contribution in [0.3, 0.4) is 0 Å². The topological polar surface area (TPSA) is 69.5 Å². The summed E-state index contributed by atoms with van der Waals surface area (Å²) in [6.45, 7) is 5.47. The number of carbonyl (C=O) groups excluding carboxylic acids is 1. The maximum atomic E-state index is 12.5. The first kappa shape index (κ1) is 19.8. The minimum atomic E-state index is -0.0927. The molecule has 148 valence electrons. The zero-order chi connectivity index (χ0) is 20.3. The molecule has 0 saturated heterocycles. The molecule has 0 aliphatic rings. The first-order valence-electron chi connectivity index (χ1n) is 9.17. The monoisotopic (exact) mass is 382 g/mol. The van der Waals surface area contributed by atoms with E-state index in [4.69, 9.17) is 9.47 Å². The molecule has 2 aromatic heterocycles. The molecule has 1 aromatic carbocycles. The molecule has 3 rings (SSSR count). The van der Waals surface area contributed by atoms with Gasteiger partial charge in [-0.15, -0.1) is 0 Å². The summed E-state index contributed by atoms with van der Waals surface area (Å²) in [5, 5.41) is 0. The first-order chi connectivity index (χ1) is 13.4. The lowest BCUT2D eigenvalue weighted by molar-refractivity contribution is 0.0827. The van der Waals surface area contributed by atoms with Crippen LogP contribution in [-0.4, -0.2) is 53.2 Å². The molecular formula is C21H26N4O3. The number of rotatable bonds is 7. The molecule has 0 N–H and O–H groups in total. The van der Waals surface area contributed by atoms with Crippen LogP contribution in [0.5, 0.6) is 5.75 Å². The number of pyridine rings is 1. The van der Waals surface area contributed by atoms with E-state index in [1.165, 1.54) is 0 Å². The van der Waals surface area contributed by atoms with Gasteiger partial charge in [0.2, 0.25) is 0 Å². The Bertz CT molecular complexity index is 995. The normalized spacial score (nSPS) is 11.0. The number of ether oxygens (including phenoxy) is 2. The van der Waals surface area contributed by atoms with Crippen molar-refractivity contribution in [3.63, 3.8) is 0 Å². The van der Waals surface area contributed by atoms with Crippen LogP contribution >= 0.6 is 0 Å². The number of methoxy groups -OCH3 is 1. The summed E-state index contributed by atoms with van der Waals surface area (Å²) >= 11 is 0. The highest BCUT2D eigenvalue weighted by Gasteiger charge is 2.18. The summed E-state index contributed by atoms with van der Waals surface area (Å²) in [6, 6.07) is 7.50. The van der Waals surface area contributed by atoms with E-state index >= 15 is 0 Å². The quantitative estimate of drug-likeness (QED) is 0.628. The van der Waals surface area contributed by atoms with Gasteiger partial charge in [-0.05, 0) is 37.6 Å². The van der Waals surface area contributed by atoms with E-state index < -0.39 is 0 Å². The smallest absolute Gasteiger partial charge is 0.253 e. The number of fused-ring (bicyclic) bond motifs is 1. The van der Waals surface area contributed by atoms with Crippen molar-refractivity contribution in [2.75, 3.05) is 27.8 Å². The molecule has 0 spiro atoms. The van der Waals surface area contributed by atoms with Crippen molar-refractivity contribution in [3.05, 3.63) is 53.1 Å². The zero-order valence-corrected chi connectivity index (χ0v) is 17.0. The molecule has 0 radical (unpaired) electrons. The zero-order valence-electron chi connectivity index (χ0n) is 17.0. The van der Waals surface area contributed by atoms with E-state index in [1.54, 1.807) is 38.4 Å². The average Bonchev–Trinajstić information content (AvgIpc) is 2.99. The molecule has 1 amide bonds. The Morgan fingerprint density at radius 3 is 2.71 bits per heavy atom. The first-order valence-corrected chi connectivity index (χ1v) is 9.17. The fraction of sp³-hybridized carbons (Fsp3) is 0.381. The van der Waals surface area contributed by atoms with E-state index in [1.807, 2.05) is 32.0 Å². The molecule has 0 saturated carbocycles. The number of imidazole rings is 1. The van der Waals surface area contributed by atoms with Crippen molar-refractivity contribution >= 4 is 16.9 Å². The Morgan fingerprint density at radius 1 is 1.25 bits per heavy atom. The third-order valence-electron chi connectivity index (χ3n) is 4.65. The standard InChI is InChI=1S/C21H26N4O3/c1-14-7-6-8-22-18(14)13-28-19-12-16(21(26)24(3)4)11-17-20(19)25(9-10-27-5)15(2)23-17/h6-8,11-12H,9-10,13H2,1-5H3. The summed E-state index contributed by atoms with van der Waals surface area (Å²) < 4.78 is 13.5. The van der Waals surface area contributed by atoms with Crippen LogP contribution in [0.4, 0.5) is 0 Å². The van der Waals surface area contributed by atoms with Crippen molar-refractivity contribution in [2.24, 2.45) is 0 Å². The third-order valence-corrected chi connectivity index (χ3v) is 4.65. The van der Waals surface area contributed by atoms with Crippen molar-refractivity contribution in [3.8, 4) is 5.75 Å². The number of aryl methyl sites for hydroxylation is 2. The second-order valence-electron chi connectivity index (χ2n) is 6.90. The largest absolute Gasteiger partial charge is 0.485 e. The van der Waals surface area contributed by atoms with Crippen LogP contribution in [0.25, 0.3) is 11.0 Å². The molecule has 0 unspecified atom stereocenters. The Kier molecular flexibility index (Phi) is 5.94. The predicted molar refractivity (Wildman–Crippen MR) is 108 cm³/mol. The van der Waals surface area contributed by atoms with Crippen LogP contribution in [0.2, 0.25) is 0 Å². The lowest BCUT2D eigenvalue weighted by Crippen LogP contribution is -2.21. The lowest BCUT2D eigenvalue weighted by Gasteiger charge is -2.15. The molecule has 0 atom stereocenters. The highest BCUT2D eigenvalue weighted by Crippen LogP contribution is 2.30. The number of amides is 1. The number of benzene rings is 1. The number of aromatic nitrogens is 3. The highest BCUT2D eigenvalue weighted by molar-refractivity contribution is 5.99. The van der Waals surface area contributed by atoms with Crippen LogP contribution < -0.4 is 4.74 Å². The van der Waals surface area contributed by atoms with Crippen molar-refractivity contribution in [1.82, 2.24) is 19.4 Å². The third kappa shape index (κ3) is 3.99. The van der Waals surface area contributed by atoms with E-state index in [-0.39, 0.29) is 5.91 Å². The molecule has 7 heteroatoms. The molecule has 0 aliphatic carbocycles. The van der Waals surface area contributed by atoms with Gasteiger partial charge in [-0.3, -0.25) is 9.78 Å². The van der Waals surface area contributed by atoms with Crippen LogP contribution in [0.1, 0.15) is 27.4 Å². The van der Waals surface area contributed by atoms with Crippen molar-refractivity contribution < 1.29 is 14.3 Å². The van der Waals surface area contributed by atoms with Crippen molar-refractivity contribution in [1.29, 1.82) is 0 Å². The summed E-state index contributed by atoms with van der Waals surface area (Å²) in [6.07, 6.45) is 1.75. The number of carbonyl (C=O) groups is 1. The molecule has 3 aromatic rings. The molecular weight excluding hydrogens is 356 g/mol. The van der Waals surface area contributed by atoms with Gasteiger partial charge in [0.15, 0.2) is 0 Å². The Hall–Kier alpha value is -2.93. The minimum Gasteiger partial charge on any atom is -0.485 e. The average molecular weight is 382 g/mol. The van der Waals surface area contributed by atoms with Crippen LogP contribution in [0.15, 0.2) is 30.5 Å². The summed E-state index contributed by atoms with van der Waals surface area (Å²) in [5.41, 5.74) is 4.05. The molecule has 7 nitrogen and oxygen atoms in total. The Morgan fingerprint density at radius 2 is 2.04 bits per heavy atom. The van der Waals surface area contributed by atoms with Gasteiger partial charge in [0, 0.05) is 39.5 Å². The minimum absolute atomic E-state index is 0.0927. The fourth-order valence-corrected chi connectivity index (χ4v) is 3.11. The summed E-state index contributed by atoms with van der Waals surface area (Å²) in [7, 11) is 5.13. The van der Waals surface area contributed by atoms with E-state index in [0.29, 0.717) is 31.1 Å². The van der Waals surface area contributed by atoms with Crippen molar-refractivity contribution in [2.45, 2.75) is 27.0 Å². The van der Waals surface area contributed by atoms with Crippen LogP contribution in [0, 0.1) is 13.8 Å². The number of hydrogen-bond acceptors (Lipinski definition) is 5. The Balaban J connectivity index is 2.07. The van der Waals surface area contributed by atoms with Gasteiger partial charge in [-0.25, -0.2) is 4.98 Å². The summed E-state index contributed by atoms with van der Waals surface area (Å²) in [5.74, 6) is 1.37. The lowest BCUT2D eigenvalue weighted by atomic mass is 10.1. The van der Waals surface area contributed by atoms with Gasteiger partial charge in [0.05, 0.1) is 17.8 Å². The van der Waals surface area contributed by atoms with Gasteiger partial charge in [0.1, 0.15) is 23.7 Å². The molecule has 0 fully saturated rings. The van der Waals surface area contributed by atoms with Gasteiger partial charge < -0.3 is 18.9 Å². The molecule has 2 heterocycles. The number of nitrogens with zero attached hydrogens (tertiary/aromatic N) is 4. The predicted octanol–water partition coefficient (Wildman–Crippen LogP) is 2.98. The second-order valence-corrected chi connectivity index (χ2v) is 6.90. The molecule has 0 aliphatic heterocycles. The molecule has 28 heavy (non-hydrogen) atoms. The van der Waals surface area contributed by atoms with Gasteiger partial charge in [0.25, 0.3) is 5.91 Å². The Labute approximate surface area is 164 Å². The van der Waals surface area contributed by atoms with Gasteiger partial charge in [-0.2, -0.15) is 0 Å². The maximum Gasteiger partial charge on any atom is 0.253 e. The number of hydrogen-bond donors (Lipinski definition) is 0. The van der Waals surface area contributed by atoms with Gasteiger partial charge >= 0.3 is 0 Å². The van der Waals surface area contributed by atoms with E-state index in [2.05, 4.69) is 14.5 Å². The van der Waals surface area contributed by atoms with Crippen LogP contribution in [-0.2, 0) is 17.9 Å². The highest BCUT2D eigenvalue weighted by atomic mass is 16.5. The van der Waals surface area contributed by atoms with E-state index in [9.17, 15) is 4.79 Å². The maximum absolute atomic E-state index is 12.5. The second kappa shape index (κ2) is 8.39. The fourth-order valence-electron chi connectivity index (χ4n) is 3.11. The SMILES string of the molecule is COCCn1c(C)nc2cc(C(=O)N(C)C)cc(OCc3ncccc3C)c21. The van der Waals surface area contributed by atoms with E-state index in [0.717, 1.165) is 28.1 Å². The van der Waals surface area contributed by atoms with Gasteiger partial charge in [-0.1, -0.05) is 6.07 Å². The molecule has 0 bridgehead atoms.